The van der Waals surface area contributed by atoms with Crippen LogP contribution in [0.1, 0.15) is 0 Å². The van der Waals surface area contributed by atoms with Crippen LogP contribution in [0, 0.1) is 0 Å². The number of aryl methyl sites for hydroxylation is 1. The Labute approximate surface area is 87.9 Å². The molecule has 0 bridgehead atoms. The van der Waals surface area contributed by atoms with Gasteiger partial charge in [-0.25, -0.2) is 0 Å². The topological polar surface area (TPSA) is 17.8 Å². The van der Waals surface area contributed by atoms with E-state index in [1.165, 1.54) is 16.2 Å². The molecule has 0 amide bonds. The Bertz CT molecular complexity index is 420. The second-order valence-electron chi connectivity index (χ2n) is 3.05. The summed E-state index contributed by atoms with van der Waals surface area (Å²) in [5, 5.41) is 4.26. The van der Waals surface area contributed by atoms with Crippen molar-refractivity contribution in [2.24, 2.45) is 7.05 Å². The Morgan fingerprint density at radius 2 is 1.93 bits per heavy atom. The molecule has 1 heterocycles. The van der Waals surface area contributed by atoms with Crippen LogP contribution in [0.15, 0.2) is 41.4 Å². The SMILES string of the molecule is CSc1cnn(C)c1-c1ccccc1. The Morgan fingerprint density at radius 3 is 2.57 bits per heavy atom. The first-order chi connectivity index (χ1) is 6.83. The molecule has 0 spiro atoms. The zero-order valence-corrected chi connectivity index (χ0v) is 9.08. The normalized spacial score (nSPS) is 10.4. The van der Waals surface area contributed by atoms with Gasteiger partial charge in [-0.2, -0.15) is 5.10 Å². The van der Waals surface area contributed by atoms with Gasteiger partial charge in [0.1, 0.15) is 0 Å². The molecular weight excluding hydrogens is 192 g/mol. The van der Waals surface area contributed by atoms with Crippen molar-refractivity contribution < 1.29 is 0 Å². The molecular formula is C11H12N2S. The lowest BCUT2D eigenvalue weighted by molar-refractivity contribution is 0.775. The quantitative estimate of drug-likeness (QED) is 0.700. The van der Waals surface area contributed by atoms with E-state index in [1.54, 1.807) is 11.8 Å². The van der Waals surface area contributed by atoms with Crippen LogP contribution in [0.3, 0.4) is 0 Å². The van der Waals surface area contributed by atoms with E-state index in [-0.39, 0.29) is 0 Å². The van der Waals surface area contributed by atoms with E-state index in [0.717, 1.165) is 0 Å². The zero-order chi connectivity index (χ0) is 9.97. The highest BCUT2D eigenvalue weighted by Gasteiger charge is 2.08. The van der Waals surface area contributed by atoms with Crippen molar-refractivity contribution in [2.75, 3.05) is 6.26 Å². The van der Waals surface area contributed by atoms with Crippen molar-refractivity contribution in [3.8, 4) is 11.3 Å². The summed E-state index contributed by atoms with van der Waals surface area (Å²) < 4.78 is 1.92. The van der Waals surface area contributed by atoms with Gasteiger partial charge in [0.05, 0.1) is 16.8 Å². The molecule has 0 aliphatic rings. The summed E-state index contributed by atoms with van der Waals surface area (Å²) in [6.45, 7) is 0. The number of rotatable bonds is 2. The molecule has 0 atom stereocenters. The van der Waals surface area contributed by atoms with Crippen LogP contribution in [0.4, 0.5) is 0 Å². The van der Waals surface area contributed by atoms with E-state index in [2.05, 4.69) is 23.5 Å². The molecule has 14 heavy (non-hydrogen) atoms. The predicted octanol–water partition coefficient (Wildman–Crippen LogP) is 2.81. The van der Waals surface area contributed by atoms with Crippen molar-refractivity contribution in [1.29, 1.82) is 0 Å². The van der Waals surface area contributed by atoms with Crippen molar-refractivity contribution in [1.82, 2.24) is 9.78 Å². The molecule has 2 rings (SSSR count). The fraction of sp³-hybridized carbons (Fsp3) is 0.182. The second-order valence-corrected chi connectivity index (χ2v) is 3.90. The molecule has 0 aliphatic heterocycles. The first kappa shape index (κ1) is 9.34. The molecule has 1 aromatic heterocycles. The van der Waals surface area contributed by atoms with E-state index in [1.807, 2.05) is 36.1 Å². The summed E-state index contributed by atoms with van der Waals surface area (Å²) in [5.74, 6) is 0. The van der Waals surface area contributed by atoms with Crippen LogP contribution < -0.4 is 0 Å². The van der Waals surface area contributed by atoms with E-state index >= 15 is 0 Å². The van der Waals surface area contributed by atoms with Crippen molar-refractivity contribution in [3.63, 3.8) is 0 Å². The molecule has 0 N–H and O–H groups in total. The average molecular weight is 204 g/mol. The third kappa shape index (κ3) is 1.55. The highest BCUT2D eigenvalue weighted by molar-refractivity contribution is 7.98. The molecule has 3 heteroatoms. The van der Waals surface area contributed by atoms with E-state index in [4.69, 9.17) is 0 Å². The molecule has 0 fully saturated rings. The van der Waals surface area contributed by atoms with Gasteiger partial charge < -0.3 is 0 Å². The van der Waals surface area contributed by atoms with Gasteiger partial charge in [-0.1, -0.05) is 30.3 Å². The average Bonchev–Trinajstić information content (AvgIpc) is 2.61. The lowest BCUT2D eigenvalue weighted by Crippen LogP contribution is -1.93. The summed E-state index contributed by atoms with van der Waals surface area (Å²) >= 11 is 1.73. The minimum absolute atomic E-state index is 1.19. The number of nitrogens with zero attached hydrogens (tertiary/aromatic N) is 2. The van der Waals surface area contributed by atoms with Crippen LogP contribution in [0.2, 0.25) is 0 Å². The lowest BCUT2D eigenvalue weighted by atomic mass is 10.1. The smallest absolute Gasteiger partial charge is 0.0814 e. The first-order valence-corrected chi connectivity index (χ1v) is 5.67. The number of hydrogen-bond donors (Lipinski definition) is 0. The maximum atomic E-state index is 4.26. The first-order valence-electron chi connectivity index (χ1n) is 4.44. The minimum atomic E-state index is 1.19. The molecule has 0 aliphatic carbocycles. The number of hydrogen-bond acceptors (Lipinski definition) is 2. The van der Waals surface area contributed by atoms with Gasteiger partial charge >= 0.3 is 0 Å². The summed E-state index contributed by atoms with van der Waals surface area (Å²) in [6, 6.07) is 10.3. The third-order valence-electron chi connectivity index (χ3n) is 2.17. The predicted molar refractivity (Wildman–Crippen MR) is 60.4 cm³/mol. The molecule has 0 saturated heterocycles. The van der Waals surface area contributed by atoms with Crippen LogP contribution in [-0.2, 0) is 7.05 Å². The highest BCUT2D eigenvalue weighted by atomic mass is 32.2. The summed E-state index contributed by atoms with van der Waals surface area (Å²) in [4.78, 5) is 1.22. The number of aromatic nitrogens is 2. The molecule has 2 nitrogen and oxygen atoms in total. The minimum Gasteiger partial charge on any atom is -0.267 e. The van der Waals surface area contributed by atoms with Gasteiger partial charge in [0, 0.05) is 12.6 Å². The van der Waals surface area contributed by atoms with E-state index in [0.29, 0.717) is 0 Å². The van der Waals surface area contributed by atoms with Crippen LogP contribution >= 0.6 is 11.8 Å². The Morgan fingerprint density at radius 1 is 1.21 bits per heavy atom. The van der Waals surface area contributed by atoms with Crippen molar-refractivity contribution >= 4 is 11.8 Å². The summed E-state index contributed by atoms with van der Waals surface area (Å²) in [6.07, 6.45) is 3.98. The fourth-order valence-electron chi connectivity index (χ4n) is 1.49. The summed E-state index contributed by atoms with van der Waals surface area (Å²) in [5.41, 5.74) is 2.41. The van der Waals surface area contributed by atoms with Gasteiger partial charge in [0.2, 0.25) is 0 Å². The van der Waals surface area contributed by atoms with Crippen molar-refractivity contribution in [2.45, 2.75) is 4.90 Å². The Balaban J connectivity index is 2.55. The van der Waals surface area contributed by atoms with Gasteiger partial charge in [-0.05, 0) is 6.26 Å². The van der Waals surface area contributed by atoms with Crippen LogP contribution in [-0.4, -0.2) is 16.0 Å². The van der Waals surface area contributed by atoms with E-state index < -0.39 is 0 Å². The largest absolute Gasteiger partial charge is 0.267 e. The standard InChI is InChI=1S/C11H12N2S/c1-13-11(10(14-2)8-12-13)9-6-4-3-5-7-9/h3-8H,1-2H3. The molecule has 0 saturated carbocycles. The molecule has 0 radical (unpaired) electrons. The monoisotopic (exact) mass is 204 g/mol. The number of benzene rings is 1. The highest BCUT2D eigenvalue weighted by Crippen LogP contribution is 2.28. The summed E-state index contributed by atoms with van der Waals surface area (Å²) in [7, 11) is 1.97. The molecule has 1 aromatic carbocycles. The Hall–Kier alpha value is -1.22. The van der Waals surface area contributed by atoms with Gasteiger partial charge in [-0.3, -0.25) is 4.68 Å². The zero-order valence-electron chi connectivity index (χ0n) is 8.27. The molecule has 2 aromatic rings. The van der Waals surface area contributed by atoms with Gasteiger partial charge in [-0.15, -0.1) is 11.8 Å². The van der Waals surface area contributed by atoms with Crippen LogP contribution in [0.25, 0.3) is 11.3 Å². The van der Waals surface area contributed by atoms with Gasteiger partial charge in [0.25, 0.3) is 0 Å². The second kappa shape index (κ2) is 3.88. The maximum Gasteiger partial charge on any atom is 0.0814 e. The molecule has 0 unspecified atom stereocenters. The maximum absolute atomic E-state index is 4.26. The number of thioether (sulfide) groups is 1. The van der Waals surface area contributed by atoms with Crippen molar-refractivity contribution in [3.05, 3.63) is 36.5 Å². The lowest BCUT2D eigenvalue weighted by Gasteiger charge is -2.03. The Kier molecular flexibility index (Phi) is 2.59. The third-order valence-corrected chi connectivity index (χ3v) is 2.91. The van der Waals surface area contributed by atoms with Gasteiger partial charge in [0.15, 0.2) is 0 Å². The van der Waals surface area contributed by atoms with Crippen LogP contribution in [0.5, 0.6) is 0 Å². The molecule has 72 valence electrons. The fourth-order valence-corrected chi connectivity index (χ4v) is 2.09. The van der Waals surface area contributed by atoms with E-state index in [9.17, 15) is 0 Å².